The molecule has 0 aromatic heterocycles. The highest BCUT2D eigenvalue weighted by Crippen LogP contribution is 2.38. The maximum absolute atomic E-state index is 11.5. The first kappa shape index (κ1) is 17.4. The van der Waals surface area contributed by atoms with Crippen molar-refractivity contribution in [3.8, 4) is 0 Å². The van der Waals surface area contributed by atoms with Crippen LogP contribution in [0, 0.1) is 5.41 Å². The van der Waals surface area contributed by atoms with Crippen molar-refractivity contribution in [3.63, 3.8) is 0 Å². The van der Waals surface area contributed by atoms with Gasteiger partial charge in [0.05, 0.1) is 0 Å². The average molecular weight is 280 g/mol. The molecule has 0 fully saturated rings. The first-order valence-corrected chi connectivity index (χ1v) is 8.41. The Kier molecular flexibility index (Phi) is 8.13. The van der Waals surface area contributed by atoms with Gasteiger partial charge in [-0.25, -0.2) is 0 Å². The molecule has 0 heterocycles. The van der Waals surface area contributed by atoms with Gasteiger partial charge in [0.25, 0.3) is 0 Å². The largest absolute Gasteiger partial charge is 0.396 e. The van der Waals surface area contributed by atoms with Gasteiger partial charge < -0.3 is 5.11 Å². The minimum Gasteiger partial charge on any atom is -0.396 e. The molecule has 0 saturated heterocycles. The van der Waals surface area contributed by atoms with Crippen LogP contribution in [-0.2, 0) is 4.79 Å². The Hall–Kier alpha value is -0.630. The van der Waals surface area contributed by atoms with E-state index in [2.05, 4.69) is 13.8 Å². The summed E-state index contributed by atoms with van der Waals surface area (Å²) < 4.78 is 0. The third-order valence-corrected chi connectivity index (χ3v) is 4.56. The zero-order valence-corrected chi connectivity index (χ0v) is 13.4. The standard InChI is InChI=1S/C18H32O2/c1-18(2)13-12-17(20)15-16(18)11-9-7-5-3-4-6-8-10-14-19/h15,19H,3-14H2,1-2H3. The lowest BCUT2D eigenvalue weighted by molar-refractivity contribution is -0.115. The van der Waals surface area contributed by atoms with Gasteiger partial charge in [-0.1, -0.05) is 57.9 Å². The first-order valence-electron chi connectivity index (χ1n) is 8.41. The molecule has 0 unspecified atom stereocenters. The van der Waals surface area contributed by atoms with Crippen molar-refractivity contribution in [2.45, 2.75) is 84.5 Å². The van der Waals surface area contributed by atoms with Crippen molar-refractivity contribution >= 4 is 5.78 Å². The van der Waals surface area contributed by atoms with E-state index in [1.807, 2.05) is 6.08 Å². The van der Waals surface area contributed by atoms with E-state index in [1.165, 1.54) is 50.5 Å². The van der Waals surface area contributed by atoms with E-state index >= 15 is 0 Å². The Morgan fingerprint density at radius 2 is 1.55 bits per heavy atom. The van der Waals surface area contributed by atoms with Crippen LogP contribution in [-0.4, -0.2) is 17.5 Å². The molecule has 0 amide bonds. The van der Waals surface area contributed by atoms with Gasteiger partial charge in [-0.05, 0) is 37.2 Å². The van der Waals surface area contributed by atoms with Crippen molar-refractivity contribution in [2.75, 3.05) is 6.61 Å². The second kappa shape index (κ2) is 9.33. The fraction of sp³-hybridized carbons (Fsp3) is 0.833. The zero-order valence-electron chi connectivity index (χ0n) is 13.4. The fourth-order valence-electron chi connectivity index (χ4n) is 2.96. The molecule has 1 N–H and O–H groups in total. The number of carbonyl (C=O) groups is 1. The van der Waals surface area contributed by atoms with Crippen molar-refractivity contribution < 1.29 is 9.90 Å². The SMILES string of the molecule is CC1(C)CCC(=O)C=C1CCCCCCCCCCO. The third-order valence-electron chi connectivity index (χ3n) is 4.56. The van der Waals surface area contributed by atoms with Crippen molar-refractivity contribution in [2.24, 2.45) is 5.41 Å². The van der Waals surface area contributed by atoms with Crippen LogP contribution in [0.4, 0.5) is 0 Å². The molecule has 0 aromatic rings. The molecule has 0 aliphatic heterocycles. The lowest BCUT2D eigenvalue weighted by atomic mass is 9.73. The van der Waals surface area contributed by atoms with Crippen LogP contribution in [0.1, 0.15) is 84.5 Å². The molecular weight excluding hydrogens is 248 g/mol. The van der Waals surface area contributed by atoms with Crippen LogP contribution in [0.25, 0.3) is 0 Å². The summed E-state index contributed by atoms with van der Waals surface area (Å²) in [5.41, 5.74) is 1.61. The molecule has 2 nitrogen and oxygen atoms in total. The summed E-state index contributed by atoms with van der Waals surface area (Å²) in [6.07, 6.45) is 14.6. The van der Waals surface area contributed by atoms with E-state index in [1.54, 1.807) is 0 Å². The summed E-state index contributed by atoms with van der Waals surface area (Å²) in [5.74, 6) is 0.322. The minimum absolute atomic E-state index is 0.234. The van der Waals surface area contributed by atoms with Gasteiger partial charge in [0.1, 0.15) is 0 Å². The quantitative estimate of drug-likeness (QED) is 0.583. The van der Waals surface area contributed by atoms with Gasteiger partial charge in [-0.3, -0.25) is 4.79 Å². The number of aliphatic hydroxyl groups is 1. The van der Waals surface area contributed by atoms with Crippen LogP contribution < -0.4 is 0 Å². The van der Waals surface area contributed by atoms with Crippen molar-refractivity contribution in [3.05, 3.63) is 11.6 Å². The zero-order chi connectivity index (χ0) is 14.8. The first-order chi connectivity index (χ1) is 9.56. The lowest BCUT2D eigenvalue weighted by Crippen LogP contribution is -2.22. The number of aliphatic hydroxyl groups excluding tert-OH is 1. The summed E-state index contributed by atoms with van der Waals surface area (Å²) >= 11 is 0. The summed E-state index contributed by atoms with van der Waals surface area (Å²) in [6, 6.07) is 0. The van der Waals surface area contributed by atoms with E-state index in [9.17, 15) is 4.79 Å². The van der Waals surface area contributed by atoms with E-state index in [0.29, 0.717) is 12.4 Å². The van der Waals surface area contributed by atoms with E-state index < -0.39 is 0 Å². The van der Waals surface area contributed by atoms with Crippen LogP contribution >= 0.6 is 0 Å². The molecule has 1 aliphatic carbocycles. The normalized spacial score (nSPS) is 18.1. The molecule has 0 saturated carbocycles. The van der Waals surface area contributed by atoms with Gasteiger partial charge in [0, 0.05) is 13.0 Å². The molecule has 0 aromatic carbocycles. The van der Waals surface area contributed by atoms with Gasteiger partial charge in [0.2, 0.25) is 0 Å². The third kappa shape index (κ3) is 6.69. The van der Waals surface area contributed by atoms with Gasteiger partial charge in [-0.2, -0.15) is 0 Å². The Labute approximate surface area is 124 Å². The van der Waals surface area contributed by atoms with Crippen LogP contribution in [0.15, 0.2) is 11.6 Å². The highest BCUT2D eigenvalue weighted by molar-refractivity contribution is 5.91. The van der Waals surface area contributed by atoms with E-state index in [0.717, 1.165) is 25.7 Å². The number of hydrogen-bond acceptors (Lipinski definition) is 2. The van der Waals surface area contributed by atoms with Gasteiger partial charge in [-0.15, -0.1) is 0 Å². The molecule has 2 heteroatoms. The molecule has 116 valence electrons. The van der Waals surface area contributed by atoms with Gasteiger partial charge in [0.15, 0.2) is 5.78 Å². The Morgan fingerprint density at radius 3 is 2.15 bits per heavy atom. The monoisotopic (exact) mass is 280 g/mol. The highest BCUT2D eigenvalue weighted by Gasteiger charge is 2.27. The van der Waals surface area contributed by atoms with Crippen molar-refractivity contribution in [1.29, 1.82) is 0 Å². The van der Waals surface area contributed by atoms with E-state index in [-0.39, 0.29) is 5.41 Å². The highest BCUT2D eigenvalue weighted by atomic mass is 16.2. The Morgan fingerprint density at radius 1 is 1.00 bits per heavy atom. The summed E-state index contributed by atoms with van der Waals surface area (Å²) in [6.45, 7) is 4.88. The second-order valence-electron chi connectivity index (χ2n) is 6.82. The Bertz CT molecular complexity index is 315. The number of hydrogen-bond donors (Lipinski definition) is 1. The number of carbonyl (C=O) groups excluding carboxylic acids is 1. The molecule has 0 atom stereocenters. The molecule has 1 aliphatic rings. The molecule has 20 heavy (non-hydrogen) atoms. The summed E-state index contributed by atoms with van der Waals surface area (Å²) in [5, 5.41) is 8.69. The van der Waals surface area contributed by atoms with E-state index in [4.69, 9.17) is 5.11 Å². The number of allylic oxidation sites excluding steroid dienone is 2. The predicted octanol–water partition coefficient (Wildman–Crippen LogP) is 4.81. The summed E-state index contributed by atoms with van der Waals surface area (Å²) in [4.78, 5) is 11.5. The van der Waals surface area contributed by atoms with Crippen LogP contribution in [0.5, 0.6) is 0 Å². The lowest BCUT2D eigenvalue weighted by Gasteiger charge is -2.31. The fourth-order valence-corrected chi connectivity index (χ4v) is 2.96. The number of ketones is 1. The maximum Gasteiger partial charge on any atom is 0.155 e. The maximum atomic E-state index is 11.5. The summed E-state index contributed by atoms with van der Waals surface area (Å²) in [7, 11) is 0. The average Bonchev–Trinajstić information content (AvgIpc) is 2.41. The second-order valence-corrected chi connectivity index (χ2v) is 6.82. The predicted molar refractivity (Wildman–Crippen MR) is 84.7 cm³/mol. The molecule has 0 radical (unpaired) electrons. The van der Waals surface area contributed by atoms with Crippen LogP contribution in [0.2, 0.25) is 0 Å². The molecular formula is C18H32O2. The van der Waals surface area contributed by atoms with Crippen molar-refractivity contribution in [1.82, 2.24) is 0 Å². The molecule has 0 bridgehead atoms. The molecule has 0 spiro atoms. The number of unbranched alkanes of at least 4 members (excludes halogenated alkanes) is 7. The molecule has 1 rings (SSSR count). The topological polar surface area (TPSA) is 37.3 Å². The minimum atomic E-state index is 0.234. The number of rotatable bonds is 10. The smallest absolute Gasteiger partial charge is 0.155 e. The van der Waals surface area contributed by atoms with Gasteiger partial charge >= 0.3 is 0 Å². The van der Waals surface area contributed by atoms with Crippen LogP contribution in [0.3, 0.4) is 0 Å². The Balaban J connectivity index is 2.07.